The van der Waals surface area contributed by atoms with Crippen molar-refractivity contribution < 1.29 is 4.79 Å². The molecule has 0 unspecified atom stereocenters. The lowest BCUT2D eigenvalue weighted by molar-refractivity contribution is -0.110. The number of allylic oxidation sites excluding steroid dienone is 9. The molecule has 1 aliphatic heterocycles. The van der Waals surface area contributed by atoms with Gasteiger partial charge >= 0.3 is 0 Å². The molecular formula is C18H15NO. The summed E-state index contributed by atoms with van der Waals surface area (Å²) in [4.78, 5) is 13.2. The van der Waals surface area contributed by atoms with E-state index >= 15 is 0 Å². The molecule has 2 nitrogen and oxygen atoms in total. The number of rotatable bonds is 1. The van der Waals surface area contributed by atoms with Crippen molar-refractivity contribution in [2.45, 2.75) is 0 Å². The normalized spacial score (nSPS) is 18.6. The number of carbonyl (C=O) groups excluding carboxylic acids is 1. The van der Waals surface area contributed by atoms with Crippen molar-refractivity contribution in [3.63, 3.8) is 0 Å². The average molecular weight is 261 g/mol. The number of hydrogen-bond acceptors (Lipinski definition) is 2. The fourth-order valence-electron chi connectivity index (χ4n) is 2.30. The first-order valence-corrected chi connectivity index (χ1v) is 6.56. The molecule has 98 valence electrons. The first kappa shape index (κ1) is 12.4. The molecule has 1 heterocycles. The molecule has 0 saturated carbocycles. The molecule has 0 N–H and O–H groups in total. The van der Waals surface area contributed by atoms with Crippen LogP contribution in [0.4, 0.5) is 5.69 Å². The molecule has 0 bridgehead atoms. The zero-order valence-electron chi connectivity index (χ0n) is 11.3. The number of carbonyl (C=O) groups is 1. The van der Waals surface area contributed by atoms with Crippen molar-refractivity contribution in [2.24, 2.45) is 0 Å². The Morgan fingerprint density at radius 2 is 1.70 bits per heavy atom. The van der Waals surface area contributed by atoms with E-state index in [4.69, 9.17) is 0 Å². The summed E-state index contributed by atoms with van der Waals surface area (Å²) >= 11 is 0. The lowest BCUT2D eigenvalue weighted by atomic mass is 9.99. The molecule has 0 saturated heterocycles. The number of benzene rings is 1. The molecule has 1 aliphatic carbocycles. The maximum Gasteiger partial charge on any atom is 0.178 e. The second-order valence-corrected chi connectivity index (χ2v) is 4.80. The summed E-state index contributed by atoms with van der Waals surface area (Å²) in [7, 11) is 2.04. The number of fused-ring (bicyclic) bond motifs is 1. The van der Waals surface area contributed by atoms with Crippen molar-refractivity contribution in [1.29, 1.82) is 0 Å². The van der Waals surface area contributed by atoms with Crippen LogP contribution in [0.1, 0.15) is 5.56 Å². The van der Waals surface area contributed by atoms with Gasteiger partial charge in [0.15, 0.2) is 5.78 Å². The molecule has 0 fully saturated rings. The summed E-state index contributed by atoms with van der Waals surface area (Å²) in [6.45, 7) is 0. The van der Waals surface area contributed by atoms with Crippen molar-refractivity contribution >= 4 is 17.0 Å². The molecule has 1 aromatic rings. The number of nitrogens with zero attached hydrogens (tertiary/aromatic N) is 1. The fourth-order valence-corrected chi connectivity index (χ4v) is 2.30. The number of para-hydroxylation sites is 1. The van der Waals surface area contributed by atoms with Gasteiger partial charge in [0, 0.05) is 24.5 Å². The van der Waals surface area contributed by atoms with Gasteiger partial charge in [0.2, 0.25) is 0 Å². The minimum atomic E-state index is 0.0411. The topological polar surface area (TPSA) is 20.3 Å². The molecule has 0 radical (unpaired) electrons. The average Bonchev–Trinajstić information content (AvgIpc) is 2.49. The van der Waals surface area contributed by atoms with Gasteiger partial charge in [0.1, 0.15) is 0 Å². The number of hydrogen-bond donors (Lipinski definition) is 0. The summed E-state index contributed by atoms with van der Waals surface area (Å²) in [5.74, 6) is 0.0411. The summed E-state index contributed by atoms with van der Waals surface area (Å²) in [5.41, 5.74) is 4.62. The van der Waals surface area contributed by atoms with Gasteiger partial charge in [-0.1, -0.05) is 42.5 Å². The first-order valence-electron chi connectivity index (χ1n) is 6.56. The monoisotopic (exact) mass is 261 g/mol. The van der Waals surface area contributed by atoms with Crippen LogP contribution in [-0.4, -0.2) is 12.8 Å². The Balaban J connectivity index is 1.95. The standard InChI is InChI=1S/C18H15NO/c1-19-13-12-15(17-4-2-3-5-18(17)19)9-6-14-7-10-16(20)11-8-14/h2-13H,1H3/b15-9+. The lowest BCUT2D eigenvalue weighted by Gasteiger charge is -2.23. The molecule has 3 rings (SSSR count). The maximum absolute atomic E-state index is 11.1. The van der Waals surface area contributed by atoms with Gasteiger partial charge in [0.05, 0.1) is 0 Å². The van der Waals surface area contributed by atoms with Crippen LogP contribution in [0, 0.1) is 0 Å². The summed E-state index contributed by atoms with van der Waals surface area (Å²) in [6.07, 6.45) is 15.1. The zero-order valence-corrected chi connectivity index (χ0v) is 11.3. The van der Waals surface area contributed by atoms with Crippen LogP contribution < -0.4 is 4.90 Å². The van der Waals surface area contributed by atoms with Crippen LogP contribution in [0.3, 0.4) is 0 Å². The van der Waals surface area contributed by atoms with E-state index in [1.165, 1.54) is 16.8 Å². The minimum Gasteiger partial charge on any atom is -0.351 e. The van der Waals surface area contributed by atoms with E-state index in [2.05, 4.69) is 35.4 Å². The van der Waals surface area contributed by atoms with Gasteiger partial charge < -0.3 is 4.90 Å². The first-order chi connectivity index (χ1) is 9.74. The van der Waals surface area contributed by atoms with E-state index in [9.17, 15) is 4.79 Å². The number of anilines is 1. The van der Waals surface area contributed by atoms with Gasteiger partial charge in [-0.3, -0.25) is 4.79 Å². The molecular weight excluding hydrogens is 246 g/mol. The Bertz CT molecular complexity index is 684. The Hall–Kier alpha value is -2.61. The molecule has 2 heteroatoms. The summed E-state index contributed by atoms with van der Waals surface area (Å²) in [6, 6.07) is 8.32. The van der Waals surface area contributed by atoms with Crippen LogP contribution >= 0.6 is 0 Å². The van der Waals surface area contributed by atoms with E-state index in [1.807, 2.05) is 37.4 Å². The van der Waals surface area contributed by atoms with Gasteiger partial charge in [-0.25, -0.2) is 0 Å². The Morgan fingerprint density at radius 3 is 2.50 bits per heavy atom. The van der Waals surface area contributed by atoms with E-state index in [-0.39, 0.29) is 5.78 Å². The van der Waals surface area contributed by atoms with Crippen LogP contribution in [0.15, 0.2) is 78.6 Å². The summed E-state index contributed by atoms with van der Waals surface area (Å²) in [5, 5.41) is 0. The van der Waals surface area contributed by atoms with Crippen LogP contribution in [0.5, 0.6) is 0 Å². The Morgan fingerprint density at radius 1 is 0.950 bits per heavy atom. The molecule has 2 aliphatic rings. The highest BCUT2D eigenvalue weighted by Crippen LogP contribution is 2.31. The quantitative estimate of drug-likeness (QED) is 0.769. The second kappa shape index (κ2) is 5.17. The van der Waals surface area contributed by atoms with Crippen molar-refractivity contribution in [3.8, 4) is 0 Å². The predicted octanol–water partition coefficient (Wildman–Crippen LogP) is 3.66. The fraction of sp³-hybridized carbons (Fsp3) is 0.0556. The Labute approximate surface area is 118 Å². The highest BCUT2D eigenvalue weighted by atomic mass is 16.1. The van der Waals surface area contributed by atoms with Gasteiger partial charge in [-0.2, -0.15) is 0 Å². The third-order valence-corrected chi connectivity index (χ3v) is 3.41. The predicted molar refractivity (Wildman–Crippen MR) is 83.3 cm³/mol. The highest BCUT2D eigenvalue weighted by molar-refractivity contribution is 6.01. The SMILES string of the molecule is CN1C=C/C(=C\C=C2C=CC(=O)C=C2)c2ccccc21. The van der Waals surface area contributed by atoms with Gasteiger partial charge in [-0.15, -0.1) is 0 Å². The third kappa shape index (κ3) is 2.41. The molecule has 1 aromatic carbocycles. The molecule has 0 amide bonds. The van der Waals surface area contributed by atoms with Crippen molar-refractivity contribution in [2.75, 3.05) is 11.9 Å². The highest BCUT2D eigenvalue weighted by Gasteiger charge is 2.11. The largest absolute Gasteiger partial charge is 0.351 e. The molecule has 20 heavy (non-hydrogen) atoms. The van der Waals surface area contributed by atoms with E-state index in [0.717, 1.165) is 5.57 Å². The third-order valence-electron chi connectivity index (χ3n) is 3.41. The molecule has 0 spiro atoms. The van der Waals surface area contributed by atoms with E-state index in [1.54, 1.807) is 12.2 Å². The Kier molecular flexibility index (Phi) is 3.21. The molecule has 0 aromatic heterocycles. The van der Waals surface area contributed by atoms with E-state index in [0.29, 0.717) is 0 Å². The molecule has 0 atom stereocenters. The summed E-state index contributed by atoms with van der Waals surface area (Å²) < 4.78 is 0. The maximum atomic E-state index is 11.1. The lowest BCUT2D eigenvalue weighted by Crippen LogP contribution is -2.13. The smallest absolute Gasteiger partial charge is 0.178 e. The van der Waals surface area contributed by atoms with Crippen molar-refractivity contribution in [3.05, 3.63) is 84.1 Å². The second-order valence-electron chi connectivity index (χ2n) is 4.80. The van der Waals surface area contributed by atoms with Crippen LogP contribution in [0.2, 0.25) is 0 Å². The van der Waals surface area contributed by atoms with Crippen molar-refractivity contribution in [1.82, 2.24) is 0 Å². The minimum absolute atomic E-state index is 0.0411. The van der Waals surface area contributed by atoms with Gasteiger partial charge in [-0.05, 0) is 35.4 Å². The van der Waals surface area contributed by atoms with E-state index < -0.39 is 0 Å². The van der Waals surface area contributed by atoms with Crippen LogP contribution in [-0.2, 0) is 4.79 Å². The zero-order chi connectivity index (χ0) is 13.9. The van der Waals surface area contributed by atoms with Gasteiger partial charge in [0.25, 0.3) is 0 Å². The van der Waals surface area contributed by atoms with Crippen LogP contribution in [0.25, 0.3) is 5.57 Å². The number of ketones is 1.